The minimum Gasteiger partial charge on any atom is -0.383 e. The van der Waals surface area contributed by atoms with Gasteiger partial charge in [0.05, 0.1) is 15.6 Å². The molecule has 0 saturated carbocycles. The molecule has 0 bridgehead atoms. The average molecular weight is 374 g/mol. The summed E-state index contributed by atoms with van der Waals surface area (Å²) in [4.78, 5) is 4.54. The summed E-state index contributed by atoms with van der Waals surface area (Å²) in [6.45, 7) is 2.38. The van der Waals surface area contributed by atoms with Gasteiger partial charge in [-0.2, -0.15) is 0 Å². The average Bonchev–Trinajstić information content (AvgIpc) is 3.08. The third kappa shape index (κ3) is 4.73. The van der Waals surface area contributed by atoms with Gasteiger partial charge in [0.2, 0.25) is 0 Å². The SMILES string of the molecule is Fc1cc(NCC2CCOCC2)c(Cl)cc1SNc1nccs1. The molecule has 4 nitrogen and oxygen atoms in total. The standard InChI is InChI=1S/C15H17ClFN3OS2/c16-11-7-14(23-20-15-18-3-6-22-15)12(17)8-13(11)19-9-10-1-4-21-5-2-10/h3,6-8,10,19H,1-2,4-5,9H2,(H,18,20). The van der Waals surface area contributed by atoms with Crippen molar-refractivity contribution < 1.29 is 9.13 Å². The van der Waals surface area contributed by atoms with Gasteiger partial charge in [0.25, 0.3) is 0 Å². The maximum absolute atomic E-state index is 14.2. The lowest BCUT2D eigenvalue weighted by atomic mass is 10.0. The molecule has 3 rings (SSSR count). The van der Waals surface area contributed by atoms with E-state index in [4.69, 9.17) is 16.3 Å². The molecule has 0 atom stereocenters. The molecule has 124 valence electrons. The first-order valence-electron chi connectivity index (χ1n) is 7.35. The molecule has 1 aromatic carbocycles. The topological polar surface area (TPSA) is 46.2 Å². The van der Waals surface area contributed by atoms with E-state index in [1.165, 1.54) is 29.4 Å². The van der Waals surface area contributed by atoms with Crippen molar-refractivity contribution in [3.8, 4) is 0 Å². The Bertz CT molecular complexity index is 636. The number of halogens is 2. The summed E-state index contributed by atoms with van der Waals surface area (Å²) in [6.07, 6.45) is 3.75. The van der Waals surface area contributed by atoms with Crippen LogP contribution < -0.4 is 10.0 Å². The highest BCUT2D eigenvalue weighted by Crippen LogP contribution is 2.32. The van der Waals surface area contributed by atoms with E-state index in [1.807, 2.05) is 5.38 Å². The van der Waals surface area contributed by atoms with E-state index < -0.39 is 0 Å². The summed E-state index contributed by atoms with van der Waals surface area (Å²) in [5.41, 5.74) is 0.634. The van der Waals surface area contributed by atoms with Crippen molar-refractivity contribution in [3.05, 3.63) is 34.5 Å². The fourth-order valence-corrected chi connectivity index (χ4v) is 3.89. The molecular formula is C15H17ClFN3OS2. The van der Waals surface area contributed by atoms with Gasteiger partial charge in [-0.25, -0.2) is 9.37 Å². The molecule has 2 heterocycles. The molecule has 0 amide bonds. The highest BCUT2D eigenvalue weighted by atomic mass is 35.5. The van der Waals surface area contributed by atoms with Crippen LogP contribution in [0, 0.1) is 11.7 Å². The fraction of sp³-hybridized carbons (Fsp3) is 0.400. The third-order valence-electron chi connectivity index (χ3n) is 3.62. The predicted octanol–water partition coefficient (Wildman–Crippen LogP) is 4.89. The molecule has 23 heavy (non-hydrogen) atoms. The number of aromatic nitrogens is 1. The Morgan fingerprint density at radius 1 is 1.39 bits per heavy atom. The van der Waals surface area contributed by atoms with Crippen LogP contribution in [0.25, 0.3) is 0 Å². The van der Waals surface area contributed by atoms with E-state index in [0.29, 0.717) is 21.5 Å². The molecule has 0 aliphatic carbocycles. The highest BCUT2D eigenvalue weighted by molar-refractivity contribution is 8.00. The van der Waals surface area contributed by atoms with Crippen LogP contribution in [-0.2, 0) is 4.74 Å². The van der Waals surface area contributed by atoms with Crippen LogP contribution in [0.4, 0.5) is 15.2 Å². The first kappa shape index (κ1) is 16.8. The Morgan fingerprint density at radius 2 is 2.22 bits per heavy atom. The van der Waals surface area contributed by atoms with E-state index in [9.17, 15) is 4.39 Å². The van der Waals surface area contributed by atoms with Gasteiger partial charge in [0, 0.05) is 31.3 Å². The Hall–Kier alpha value is -1.02. The zero-order valence-electron chi connectivity index (χ0n) is 12.4. The lowest BCUT2D eigenvalue weighted by Crippen LogP contribution is -2.22. The number of hydrogen-bond donors (Lipinski definition) is 2. The van der Waals surface area contributed by atoms with Gasteiger partial charge < -0.3 is 14.8 Å². The lowest BCUT2D eigenvalue weighted by molar-refractivity contribution is 0.0699. The third-order valence-corrected chi connectivity index (χ3v) is 5.58. The zero-order valence-corrected chi connectivity index (χ0v) is 14.7. The molecule has 1 aliphatic rings. The molecular weight excluding hydrogens is 357 g/mol. The molecule has 2 aromatic rings. The number of anilines is 2. The summed E-state index contributed by atoms with van der Waals surface area (Å²) in [6, 6.07) is 3.09. The van der Waals surface area contributed by atoms with Gasteiger partial charge in [-0.15, -0.1) is 11.3 Å². The van der Waals surface area contributed by atoms with Crippen LogP contribution in [0.15, 0.2) is 28.6 Å². The van der Waals surface area contributed by atoms with Crippen molar-refractivity contribution in [1.82, 2.24) is 4.98 Å². The molecule has 8 heteroatoms. The zero-order chi connectivity index (χ0) is 16.1. The van der Waals surface area contributed by atoms with Crippen molar-refractivity contribution >= 4 is 45.7 Å². The van der Waals surface area contributed by atoms with Crippen LogP contribution >= 0.6 is 34.9 Å². The van der Waals surface area contributed by atoms with E-state index >= 15 is 0 Å². The van der Waals surface area contributed by atoms with Crippen LogP contribution in [-0.4, -0.2) is 24.7 Å². The number of rotatable bonds is 6. The lowest BCUT2D eigenvalue weighted by Gasteiger charge is -2.23. The maximum Gasteiger partial charge on any atom is 0.192 e. The van der Waals surface area contributed by atoms with Crippen LogP contribution in [0.2, 0.25) is 5.02 Å². The van der Waals surface area contributed by atoms with Crippen LogP contribution in [0.3, 0.4) is 0 Å². The van der Waals surface area contributed by atoms with Crippen molar-refractivity contribution in [2.45, 2.75) is 17.7 Å². The van der Waals surface area contributed by atoms with Crippen molar-refractivity contribution in [2.75, 3.05) is 29.8 Å². The van der Waals surface area contributed by atoms with Crippen molar-refractivity contribution in [2.24, 2.45) is 5.92 Å². The Labute approximate surface area is 147 Å². The summed E-state index contributed by atoms with van der Waals surface area (Å²) in [5, 5.41) is 6.35. The van der Waals surface area contributed by atoms with Gasteiger partial charge in [0.1, 0.15) is 5.82 Å². The second-order valence-electron chi connectivity index (χ2n) is 5.24. The predicted molar refractivity (Wildman–Crippen MR) is 95.0 cm³/mol. The van der Waals surface area contributed by atoms with Gasteiger partial charge in [-0.3, -0.25) is 0 Å². The molecule has 1 aromatic heterocycles. The van der Waals surface area contributed by atoms with Gasteiger partial charge in [0.15, 0.2) is 5.13 Å². The molecule has 0 radical (unpaired) electrons. The number of thiazole rings is 1. The quantitative estimate of drug-likeness (QED) is 0.705. The monoisotopic (exact) mass is 373 g/mol. The summed E-state index contributed by atoms with van der Waals surface area (Å²) in [7, 11) is 0. The fourth-order valence-electron chi connectivity index (χ4n) is 2.32. The van der Waals surface area contributed by atoms with Gasteiger partial charge in [-0.05, 0) is 42.8 Å². The minimum atomic E-state index is -0.307. The molecule has 0 spiro atoms. The number of nitrogens with zero attached hydrogens (tertiary/aromatic N) is 1. The Kier molecular flexibility index (Phi) is 5.99. The molecule has 1 saturated heterocycles. The number of benzene rings is 1. The summed E-state index contributed by atoms with van der Waals surface area (Å²) < 4.78 is 22.6. The molecule has 1 fully saturated rings. The molecule has 2 N–H and O–H groups in total. The first-order chi connectivity index (χ1) is 11.2. The molecule has 0 unspecified atom stereocenters. The van der Waals surface area contributed by atoms with Crippen LogP contribution in [0.1, 0.15) is 12.8 Å². The first-order valence-corrected chi connectivity index (χ1v) is 9.43. The molecule has 1 aliphatic heterocycles. The number of ether oxygens (including phenoxy) is 1. The van der Waals surface area contributed by atoms with Crippen molar-refractivity contribution in [1.29, 1.82) is 0 Å². The van der Waals surface area contributed by atoms with Gasteiger partial charge in [-0.1, -0.05) is 11.6 Å². The van der Waals surface area contributed by atoms with E-state index in [-0.39, 0.29) is 5.82 Å². The smallest absolute Gasteiger partial charge is 0.192 e. The Morgan fingerprint density at radius 3 is 2.96 bits per heavy atom. The van der Waals surface area contributed by atoms with E-state index in [1.54, 1.807) is 12.3 Å². The Balaban J connectivity index is 1.60. The van der Waals surface area contributed by atoms with E-state index in [2.05, 4.69) is 15.0 Å². The van der Waals surface area contributed by atoms with Gasteiger partial charge >= 0.3 is 0 Å². The number of hydrogen-bond acceptors (Lipinski definition) is 6. The summed E-state index contributed by atoms with van der Waals surface area (Å²) >= 11 is 8.90. The second kappa shape index (κ2) is 8.19. The second-order valence-corrected chi connectivity index (χ2v) is 7.39. The summed E-state index contributed by atoms with van der Waals surface area (Å²) in [5.74, 6) is 0.237. The van der Waals surface area contributed by atoms with E-state index in [0.717, 1.165) is 37.7 Å². The van der Waals surface area contributed by atoms with Crippen LogP contribution in [0.5, 0.6) is 0 Å². The normalized spacial score (nSPS) is 15.6. The maximum atomic E-state index is 14.2. The number of nitrogens with one attached hydrogen (secondary N) is 2. The largest absolute Gasteiger partial charge is 0.383 e. The minimum absolute atomic E-state index is 0.307. The van der Waals surface area contributed by atoms with Crippen molar-refractivity contribution in [3.63, 3.8) is 0 Å². The highest BCUT2D eigenvalue weighted by Gasteiger charge is 2.15.